The molecule has 0 unspecified atom stereocenters. The quantitative estimate of drug-likeness (QED) is 0.788. The van der Waals surface area contributed by atoms with Gasteiger partial charge in [-0.05, 0) is 17.2 Å². The fraction of sp³-hybridized carbons (Fsp3) is 0.0526. The minimum atomic E-state index is -0.843. The number of nitrogens with zero attached hydrogens (tertiary/aromatic N) is 1. The highest BCUT2D eigenvalue weighted by Crippen LogP contribution is 2.32. The average molecular weight is 289 g/mol. The van der Waals surface area contributed by atoms with Gasteiger partial charge in [0.15, 0.2) is 0 Å². The standard InChI is InChI=1S/C19H15NO2/c21-18(22)13-15-9-4-5-10-17(15)19-16(11-6-12-20-19)14-7-2-1-3-8-14/h1-12H,13H2,(H,21,22). The summed E-state index contributed by atoms with van der Waals surface area (Å²) in [6, 6.07) is 21.4. The van der Waals surface area contributed by atoms with E-state index in [0.717, 1.165) is 27.9 Å². The molecule has 0 atom stereocenters. The van der Waals surface area contributed by atoms with E-state index in [9.17, 15) is 4.79 Å². The van der Waals surface area contributed by atoms with Crippen LogP contribution in [0.15, 0.2) is 72.9 Å². The second-order valence-corrected chi connectivity index (χ2v) is 4.99. The van der Waals surface area contributed by atoms with E-state index in [4.69, 9.17) is 5.11 Å². The van der Waals surface area contributed by atoms with Gasteiger partial charge in [-0.2, -0.15) is 0 Å². The van der Waals surface area contributed by atoms with Gasteiger partial charge in [-0.1, -0.05) is 60.7 Å². The monoisotopic (exact) mass is 289 g/mol. The number of benzene rings is 2. The molecule has 1 heterocycles. The molecule has 3 aromatic rings. The van der Waals surface area contributed by atoms with Crippen molar-refractivity contribution in [3.63, 3.8) is 0 Å². The van der Waals surface area contributed by atoms with Crippen LogP contribution in [-0.4, -0.2) is 16.1 Å². The van der Waals surface area contributed by atoms with E-state index in [-0.39, 0.29) is 6.42 Å². The SMILES string of the molecule is O=C(O)Cc1ccccc1-c1ncccc1-c1ccccc1. The van der Waals surface area contributed by atoms with Crippen LogP contribution in [0.3, 0.4) is 0 Å². The lowest BCUT2D eigenvalue weighted by Gasteiger charge is -2.12. The molecule has 0 amide bonds. The number of aliphatic carboxylic acids is 1. The highest BCUT2D eigenvalue weighted by molar-refractivity contribution is 5.84. The molecule has 1 aromatic heterocycles. The van der Waals surface area contributed by atoms with Gasteiger partial charge in [0.2, 0.25) is 0 Å². The van der Waals surface area contributed by atoms with E-state index < -0.39 is 5.97 Å². The molecule has 0 aliphatic carbocycles. The van der Waals surface area contributed by atoms with Gasteiger partial charge in [0.05, 0.1) is 12.1 Å². The molecule has 2 aromatic carbocycles. The molecular formula is C19H15NO2. The van der Waals surface area contributed by atoms with E-state index >= 15 is 0 Å². The van der Waals surface area contributed by atoms with Gasteiger partial charge in [-0.15, -0.1) is 0 Å². The molecule has 22 heavy (non-hydrogen) atoms. The van der Waals surface area contributed by atoms with Crippen LogP contribution in [0.5, 0.6) is 0 Å². The Kier molecular flexibility index (Phi) is 3.97. The van der Waals surface area contributed by atoms with Gasteiger partial charge in [0.25, 0.3) is 0 Å². The summed E-state index contributed by atoms with van der Waals surface area (Å²) in [5.74, 6) is -0.843. The highest BCUT2D eigenvalue weighted by Gasteiger charge is 2.13. The van der Waals surface area contributed by atoms with E-state index in [1.165, 1.54) is 0 Å². The summed E-state index contributed by atoms with van der Waals surface area (Å²) in [4.78, 5) is 15.6. The van der Waals surface area contributed by atoms with Crippen molar-refractivity contribution >= 4 is 5.97 Å². The maximum absolute atomic E-state index is 11.1. The number of carboxylic acids is 1. The molecule has 0 spiro atoms. The zero-order valence-electron chi connectivity index (χ0n) is 11.9. The summed E-state index contributed by atoms with van der Waals surface area (Å²) in [6.07, 6.45) is 1.72. The van der Waals surface area contributed by atoms with Crippen LogP contribution >= 0.6 is 0 Å². The lowest BCUT2D eigenvalue weighted by Crippen LogP contribution is -2.02. The number of hydrogen-bond donors (Lipinski definition) is 1. The molecule has 0 aliphatic rings. The number of pyridine rings is 1. The first-order valence-corrected chi connectivity index (χ1v) is 7.06. The predicted molar refractivity (Wildman–Crippen MR) is 86.4 cm³/mol. The molecule has 108 valence electrons. The Morgan fingerprint density at radius 1 is 0.864 bits per heavy atom. The first-order valence-electron chi connectivity index (χ1n) is 7.06. The molecule has 3 rings (SSSR count). The molecule has 0 saturated heterocycles. The highest BCUT2D eigenvalue weighted by atomic mass is 16.4. The summed E-state index contributed by atoms with van der Waals surface area (Å²) < 4.78 is 0. The predicted octanol–water partition coefficient (Wildman–Crippen LogP) is 4.04. The van der Waals surface area contributed by atoms with Crippen LogP contribution in [0.1, 0.15) is 5.56 Å². The molecule has 0 aliphatic heterocycles. The largest absolute Gasteiger partial charge is 0.481 e. The number of rotatable bonds is 4. The topological polar surface area (TPSA) is 50.2 Å². The second kappa shape index (κ2) is 6.22. The van der Waals surface area contributed by atoms with Crippen molar-refractivity contribution in [2.75, 3.05) is 0 Å². The summed E-state index contributed by atoms with van der Waals surface area (Å²) in [7, 11) is 0. The van der Waals surface area contributed by atoms with Crippen molar-refractivity contribution in [2.45, 2.75) is 6.42 Å². The van der Waals surface area contributed by atoms with Crippen LogP contribution in [-0.2, 0) is 11.2 Å². The summed E-state index contributed by atoms with van der Waals surface area (Å²) >= 11 is 0. The molecule has 0 saturated carbocycles. The van der Waals surface area contributed by atoms with E-state index in [1.807, 2.05) is 66.7 Å². The normalized spacial score (nSPS) is 10.4. The second-order valence-electron chi connectivity index (χ2n) is 4.99. The maximum atomic E-state index is 11.1. The van der Waals surface area contributed by atoms with E-state index in [0.29, 0.717) is 0 Å². The van der Waals surface area contributed by atoms with Gasteiger partial charge >= 0.3 is 5.97 Å². The Morgan fingerprint density at radius 2 is 1.55 bits per heavy atom. The fourth-order valence-corrected chi connectivity index (χ4v) is 2.54. The van der Waals surface area contributed by atoms with Crippen molar-refractivity contribution < 1.29 is 9.90 Å². The van der Waals surface area contributed by atoms with Crippen LogP contribution in [0.25, 0.3) is 22.4 Å². The number of carboxylic acid groups (broad SMARTS) is 1. The van der Waals surface area contributed by atoms with Crippen LogP contribution in [0.4, 0.5) is 0 Å². The Bertz CT molecular complexity index is 797. The zero-order chi connectivity index (χ0) is 15.4. The Hall–Kier alpha value is -2.94. The van der Waals surface area contributed by atoms with Crippen molar-refractivity contribution in [3.8, 4) is 22.4 Å². The average Bonchev–Trinajstić information content (AvgIpc) is 2.56. The zero-order valence-corrected chi connectivity index (χ0v) is 11.9. The number of hydrogen-bond acceptors (Lipinski definition) is 2. The summed E-state index contributed by atoms with van der Waals surface area (Å²) in [6.45, 7) is 0. The van der Waals surface area contributed by atoms with Crippen LogP contribution in [0, 0.1) is 0 Å². The number of carbonyl (C=O) groups is 1. The Labute approximate surface area is 128 Å². The van der Waals surface area contributed by atoms with Gasteiger partial charge in [0.1, 0.15) is 0 Å². The molecular weight excluding hydrogens is 274 g/mol. The molecule has 1 N–H and O–H groups in total. The molecule has 3 nitrogen and oxygen atoms in total. The molecule has 3 heteroatoms. The van der Waals surface area contributed by atoms with Gasteiger partial charge in [0, 0.05) is 17.3 Å². The third-order valence-corrected chi connectivity index (χ3v) is 3.51. The Morgan fingerprint density at radius 3 is 2.32 bits per heavy atom. The maximum Gasteiger partial charge on any atom is 0.307 e. The fourth-order valence-electron chi connectivity index (χ4n) is 2.54. The first-order chi connectivity index (χ1) is 10.8. The third kappa shape index (κ3) is 2.88. The van der Waals surface area contributed by atoms with E-state index in [2.05, 4.69) is 4.98 Å². The first kappa shape index (κ1) is 14.0. The van der Waals surface area contributed by atoms with E-state index in [1.54, 1.807) is 6.20 Å². The van der Waals surface area contributed by atoms with Crippen molar-refractivity contribution in [1.82, 2.24) is 4.98 Å². The lowest BCUT2D eigenvalue weighted by atomic mass is 9.95. The van der Waals surface area contributed by atoms with Crippen LogP contribution in [0.2, 0.25) is 0 Å². The van der Waals surface area contributed by atoms with Crippen molar-refractivity contribution in [2.24, 2.45) is 0 Å². The van der Waals surface area contributed by atoms with Crippen molar-refractivity contribution in [1.29, 1.82) is 0 Å². The summed E-state index contributed by atoms with van der Waals surface area (Å²) in [5.41, 5.74) is 4.51. The van der Waals surface area contributed by atoms with Gasteiger partial charge in [-0.25, -0.2) is 0 Å². The minimum absolute atomic E-state index is 0.0129. The molecule has 0 fully saturated rings. The lowest BCUT2D eigenvalue weighted by molar-refractivity contribution is -0.136. The molecule has 0 bridgehead atoms. The smallest absolute Gasteiger partial charge is 0.307 e. The minimum Gasteiger partial charge on any atom is -0.481 e. The Balaban J connectivity index is 2.16. The number of aromatic nitrogens is 1. The van der Waals surface area contributed by atoms with Crippen molar-refractivity contribution in [3.05, 3.63) is 78.5 Å². The third-order valence-electron chi connectivity index (χ3n) is 3.51. The van der Waals surface area contributed by atoms with Gasteiger partial charge < -0.3 is 5.11 Å². The summed E-state index contributed by atoms with van der Waals surface area (Å²) in [5, 5.41) is 9.10. The van der Waals surface area contributed by atoms with Crippen LogP contribution < -0.4 is 0 Å². The molecule has 0 radical (unpaired) electrons. The van der Waals surface area contributed by atoms with Gasteiger partial charge in [-0.3, -0.25) is 9.78 Å².